The van der Waals surface area contributed by atoms with Crippen LogP contribution in [0.1, 0.15) is 119 Å². The molecule has 0 spiro atoms. The van der Waals surface area contributed by atoms with Crippen LogP contribution in [0.25, 0.3) is 0 Å². The number of phenolic OH excluding ortho intramolecular Hbond substituents is 1. The summed E-state index contributed by atoms with van der Waals surface area (Å²) in [5.74, 6) is -0.697. The zero-order valence-electron chi connectivity index (χ0n) is 29.6. The zero-order valence-corrected chi connectivity index (χ0v) is 31.3. The molecule has 0 radical (unpaired) electrons. The molecule has 9 heteroatoms. The Morgan fingerprint density at radius 3 is 1.60 bits per heavy atom. The van der Waals surface area contributed by atoms with Crippen LogP contribution in [0.3, 0.4) is 0 Å². The lowest BCUT2D eigenvalue weighted by atomic mass is 9.79. The molecule has 7 nitrogen and oxygen atoms in total. The molecule has 254 valence electrons. The number of rotatable bonds is 10. The summed E-state index contributed by atoms with van der Waals surface area (Å²) in [5, 5.41) is 50.9. The van der Waals surface area contributed by atoms with E-state index in [9.17, 15) is 25.2 Å². The topological polar surface area (TPSA) is 127 Å². The molecular weight excluding hydrogens is 609 g/mol. The fraction of sp³-hybridized carbons (Fsp3) is 0.639. The number of carboxylic acid groups (broad SMARTS) is 1. The first-order valence-corrected chi connectivity index (χ1v) is 17.0. The number of thioether (sulfide) groups is 2. The van der Waals surface area contributed by atoms with Gasteiger partial charge in [0.1, 0.15) is 30.3 Å². The fourth-order valence-electron chi connectivity index (χ4n) is 5.10. The SMILES string of the molecule is CC(C)(Sc1cc(C(C)(C)C)c(O)c(C(C)(C)C)c1)Sc1ccc(C(C)(C)C)c(OC[C@@H](O)[C@@H](O)[C@@H](O)C(=O)O)c1C(C)(C)C. The molecule has 0 saturated heterocycles. The first-order valence-electron chi connectivity index (χ1n) is 15.4. The van der Waals surface area contributed by atoms with Gasteiger partial charge in [-0.15, -0.1) is 23.5 Å². The number of phenols is 1. The Bertz CT molecular complexity index is 1320. The van der Waals surface area contributed by atoms with Crippen LogP contribution in [0.5, 0.6) is 11.5 Å². The van der Waals surface area contributed by atoms with Crippen molar-refractivity contribution in [1.82, 2.24) is 0 Å². The molecule has 0 aromatic heterocycles. The Labute approximate surface area is 279 Å². The summed E-state index contributed by atoms with van der Waals surface area (Å²) in [6, 6.07) is 8.33. The van der Waals surface area contributed by atoms with Crippen LogP contribution in [0.2, 0.25) is 0 Å². The predicted octanol–water partition coefficient (Wildman–Crippen LogP) is 7.75. The zero-order chi connectivity index (χ0) is 35.1. The summed E-state index contributed by atoms with van der Waals surface area (Å²) in [6.07, 6.45) is -5.67. The van der Waals surface area contributed by atoms with Crippen LogP contribution >= 0.6 is 23.5 Å². The van der Waals surface area contributed by atoms with E-state index in [4.69, 9.17) is 9.84 Å². The second-order valence-electron chi connectivity index (χ2n) is 16.4. The number of ether oxygens (including phenoxy) is 1. The number of carboxylic acids is 1. The number of aliphatic carboxylic acids is 1. The first-order chi connectivity index (χ1) is 20.1. The van der Waals surface area contributed by atoms with E-state index in [1.54, 1.807) is 23.5 Å². The van der Waals surface area contributed by atoms with Gasteiger partial charge in [0.15, 0.2) is 6.10 Å². The van der Waals surface area contributed by atoms with E-state index >= 15 is 0 Å². The smallest absolute Gasteiger partial charge is 0.335 e. The van der Waals surface area contributed by atoms with Crippen molar-refractivity contribution in [3.05, 3.63) is 46.5 Å². The monoisotopic (exact) mass is 664 g/mol. The van der Waals surface area contributed by atoms with Gasteiger partial charge in [0.2, 0.25) is 0 Å². The molecule has 45 heavy (non-hydrogen) atoms. The van der Waals surface area contributed by atoms with E-state index in [2.05, 4.69) is 115 Å². The quantitative estimate of drug-likeness (QED) is 0.128. The maximum absolute atomic E-state index is 11.2. The molecule has 0 unspecified atom stereocenters. The highest BCUT2D eigenvalue weighted by Crippen LogP contribution is 2.53. The van der Waals surface area contributed by atoms with Crippen LogP contribution in [0.15, 0.2) is 34.1 Å². The maximum atomic E-state index is 11.2. The molecular formula is C36H56O7S2. The number of aliphatic hydroxyl groups is 3. The molecule has 0 saturated carbocycles. The summed E-state index contributed by atoms with van der Waals surface area (Å²) in [7, 11) is 0. The van der Waals surface area contributed by atoms with Crippen molar-refractivity contribution in [2.24, 2.45) is 0 Å². The fourth-order valence-corrected chi connectivity index (χ4v) is 7.92. The van der Waals surface area contributed by atoms with Gasteiger partial charge in [0.05, 0.1) is 4.08 Å². The van der Waals surface area contributed by atoms with Crippen molar-refractivity contribution in [2.75, 3.05) is 6.61 Å². The van der Waals surface area contributed by atoms with Gasteiger partial charge in [0.25, 0.3) is 0 Å². The second kappa shape index (κ2) is 13.7. The molecule has 2 aromatic rings. The van der Waals surface area contributed by atoms with E-state index in [-0.39, 0.29) is 25.7 Å². The Hall–Kier alpha value is -1.91. The van der Waals surface area contributed by atoms with Crippen molar-refractivity contribution in [3.63, 3.8) is 0 Å². The van der Waals surface area contributed by atoms with Crippen LogP contribution in [-0.4, -0.2) is 60.5 Å². The van der Waals surface area contributed by atoms with Crippen molar-refractivity contribution >= 4 is 29.5 Å². The number of benzene rings is 2. The van der Waals surface area contributed by atoms with Gasteiger partial charge in [-0.25, -0.2) is 4.79 Å². The highest BCUT2D eigenvalue weighted by Gasteiger charge is 2.35. The van der Waals surface area contributed by atoms with E-state index in [1.807, 2.05) is 6.07 Å². The highest BCUT2D eigenvalue weighted by atomic mass is 32.2. The molecule has 5 N–H and O–H groups in total. The lowest BCUT2D eigenvalue weighted by molar-refractivity contribution is -0.159. The van der Waals surface area contributed by atoms with Gasteiger partial charge in [-0.1, -0.05) is 89.2 Å². The normalized spacial score (nSPS) is 15.5. The average Bonchev–Trinajstić information content (AvgIpc) is 2.83. The average molecular weight is 665 g/mol. The standard InChI is InChI=1S/C36H56O7S2/c1-32(2,3)21-15-16-25(26(35(10,11)12)30(21)43-19-24(37)28(39)29(40)31(41)42)45-36(13,14)44-20-17-22(33(4,5)6)27(38)23(18-20)34(7,8)9/h15-18,24,28-29,37-40H,19H2,1-14H3,(H,41,42)/t24-,28-,29-/m1/s1. The molecule has 0 heterocycles. The predicted molar refractivity (Wildman–Crippen MR) is 186 cm³/mol. The Balaban J connectivity index is 2.64. The van der Waals surface area contributed by atoms with Gasteiger partial charge in [-0.05, 0) is 59.3 Å². The van der Waals surface area contributed by atoms with Crippen LogP contribution in [0.4, 0.5) is 0 Å². The van der Waals surface area contributed by atoms with Crippen molar-refractivity contribution < 1.29 is 35.1 Å². The third-order valence-electron chi connectivity index (χ3n) is 7.47. The summed E-state index contributed by atoms with van der Waals surface area (Å²) in [6.45, 7) is 29.1. The Kier molecular flexibility index (Phi) is 11.9. The molecule has 0 bridgehead atoms. The van der Waals surface area contributed by atoms with E-state index in [1.165, 1.54) is 0 Å². The molecule has 2 rings (SSSR count). The molecule has 0 aliphatic rings. The maximum Gasteiger partial charge on any atom is 0.335 e. The van der Waals surface area contributed by atoms with Gasteiger partial charge < -0.3 is 30.3 Å². The number of carbonyl (C=O) groups is 1. The minimum Gasteiger partial charge on any atom is -0.507 e. The van der Waals surface area contributed by atoms with E-state index in [0.29, 0.717) is 11.5 Å². The van der Waals surface area contributed by atoms with Gasteiger partial charge in [-0.2, -0.15) is 0 Å². The highest BCUT2D eigenvalue weighted by molar-refractivity contribution is 8.18. The summed E-state index contributed by atoms with van der Waals surface area (Å²) >= 11 is 3.43. The Morgan fingerprint density at radius 2 is 1.20 bits per heavy atom. The van der Waals surface area contributed by atoms with Crippen LogP contribution in [-0.2, 0) is 26.5 Å². The molecule has 0 aliphatic heterocycles. The largest absolute Gasteiger partial charge is 0.507 e. The second-order valence-corrected chi connectivity index (χ2v) is 20.1. The van der Waals surface area contributed by atoms with Crippen molar-refractivity contribution in [1.29, 1.82) is 0 Å². The molecule has 0 aliphatic carbocycles. The molecule has 0 amide bonds. The number of aromatic hydroxyl groups is 1. The third kappa shape index (κ3) is 10.0. The lowest BCUT2D eigenvalue weighted by Gasteiger charge is -2.34. The summed E-state index contributed by atoms with van der Waals surface area (Å²) in [4.78, 5) is 13.2. The number of hydrogen-bond donors (Lipinski definition) is 5. The lowest BCUT2D eigenvalue weighted by Crippen LogP contribution is -2.44. The number of aliphatic hydroxyl groups excluding tert-OH is 3. The molecule has 3 atom stereocenters. The van der Waals surface area contributed by atoms with Gasteiger partial charge >= 0.3 is 5.97 Å². The Morgan fingerprint density at radius 1 is 0.733 bits per heavy atom. The minimum atomic E-state index is -2.13. The molecule has 2 aromatic carbocycles. The molecule has 0 fully saturated rings. The van der Waals surface area contributed by atoms with Crippen molar-refractivity contribution in [2.45, 2.75) is 151 Å². The van der Waals surface area contributed by atoms with Crippen molar-refractivity contribution in [3.8, 4) is 11.5 Å². The van der Waals surface area contributed by atoms with Gasteiger partial charge in [-0.3, -0.25) is 0 Å². The summed E-state index contributed by atoms with van der Waals surface area (Å²) < 4.78 is 5.91. The van der Waals surface area contributed by atoms with E-state index < -0.39 is 30.9 Å². The number of hydrogen-bond acceptors (Lipinski definition) is 8. The van der Waals surface area contributed by atoms with Crippen LogP contribution in [0, 0.1) is 0 Å². The van der Waals surface area contributed by atoms with Gasteiger partial charge in [0, 0.05) is 26.5 Å². The summed E-state index contributed by atoms with van der Waals surface area (Å²) in [5.41, 5.74) is 2.46. The van der Waals surface area contributed by atoms with E-state index in [0.717, 1.165) is 32.0 Å². The first kappa shape index (κ1) is 39.3. The van der Waals surface area contributed by atoms with Crippen LogP contribution < -0.4 is 4.74 Å². The third-order valence-corrected chi connectivity index (χ3v) is 9.98. The minimum absolute atomic E-state index is 0.245.